The van der Waals surface area contributed by atoms with Crippen molar-refractivity contribution in [3.05, 3.63) is 35.6 Å². The van der Waals surface area contributed by atoms with E-state index < -0.39 is 10.8 Å². The topological polar surface area (TPSA) is 49.4 Å². The fourth-order valence-corrected chi connectivity index (χ4v) is 3.23. The summed E-state index contributed by atoms with van der Waals surface area (Å²) in [6.45, 7) is 2.08. The Morgan fingerprint density at radius 3 is 2.95 bits per heavy atom. The number of halogens is 1. The third kappa shape index (κ3) is 3.19. The Morgan fingerprint density at radius 2 is 2.32 bits per heavy atom. The summed E-state index contributed by atoms with van der Waals surface area (Å²) in [7, 11) is -0.978. The summed E-state index contributed by atoms with van der Waals surface area (Å²) in [5.41, 5.74) is 0.708. The van der Waals surface area contributed by atoms with Gasteiger partial charge in [-0.3, -0.25) is 14.3 Å². The van der Waals surface area contributed by atoms with E-state index in [1.54, 1.807) is 23.3 Å². The normalized spacial score (nSPS) is 22.6. The van der Waals surface area contributed by atoms with E-state index in [0.29, 0.717) is 11.3 Å². The van der Waals surface area contributed by atoms with Gasteiger partial charge in [0.05, 0.1) is 6.54 Å². The summed E-state index contributed by atoms with van der Waals surface area (Å²) in [6, 6.07) is 6.04. The van der Waals surface area contributed by atoms with E-state index in [9.17, 15) is 13.4 Å². The van der Waals surface area contributed by atoms with E-state index in [1.807, 2.05) is 6.92 Å². The first-order valence-electron chi connectivity index (χ1n) is 6.09. The fraction of sp³-hybridized carbons (Fsp3) is 0.462. The summed E-state index contributed by atoms with van der Waals surface area (Å²) in [5.74, 6) is 0.0386. The van der Waals surface area contributed by atoms with Crippen LogP contribution in [0.3, 0.4) is 0 Å². The predicted octanol–water partition coefficient (Wildman–Crippen LogP) is 1.02. The maximum absolute atomic E-state index is 13.3. The van der Waals surface area contributed by atoms with Crippen molar-refractivity contribution in [1.29, 1.82) is 0 Å². The number of carbonyl (C=O) groups is 1. The van der Waals surface area contributed by atoms with Crippen LogP contribution in [0.15, 0.2) is 24.3 Å². The van der Waals surface area contributed by atoms with Crippen LogP contribution in [0.2, 0.25) is 0 Å². The highest BCUT2D eigenvalue weighted by molar-refractivity contribution is 7.84. The number of carbonyl (C=O) groups excluding carboxylic acids is 1. The Morgan fingerprint density at radius 1 is 1.58 bits per heavy atom. The number of benzene rings is 1. The average molecular weight is 284 g/mol. The van der Waals surface area contributed by atoms with Gasteiger partial charge in [-0.2, -0.15) is 0 Å². The molecule has 6 heteroatoms. The lowest BCUT2D eigenvalue weighted by atomic mass is 10.1. The highest BCUT2D eigenvalue weighted by atomic mass is 32.2. The lowest BCUT2D eigenvalue weighted by Crippen LogP contribution is -2.40. The molecule has 0 radical (unpaired) electrons. The molecule has 1 aliphatic rings. The zero-order valence-corrected chi connectivity index (χ0v) is 11.7. The molecule has 1 aliphatic heterocycles. The molecular weight excluding hydrogens is 267 g/mol. The molecule has 1 N–H and O–H groups in total. The van der Waals surface area contributed by atoms with Crippen LogP contribution in [0, 0.1) is 5.82 Å². The molecule has 0 bridgehead atoms. The second-order valence-corrected chi connectivity index (χ2v) is 6.21. The highest BCUT2D eigenvalue weighted by Crippen LogP contribution is 2.25. The van der Waals surface area contributed by atoms with E-state index in [-0.39, 0.29) is 30.5 Å². The van der Waals surface area contributed by atoms with Crippen molar-refractivity contribution in [2.75, 3.05) is 18.6 Å². The van der Waals surface area contributed by atoms with E-state index in [4.69, 9.17) is 0 Å². The van der Waals surface area contributed by atoms with Crippen molar-refractivity contribution in [2.24, 2.45) is 0 Å². The molecule has 1 aromatic carbocycles. The standard InChI is InChI=1S/C13H17FN2O2S/c1-9(8-19(2)18)16-12(17)7-15-13(16)10-4-3-5-11(14)6-10/h3-6,9,13,15H,7-8H2,1-2H3. The molecule has 19 heavy (non-hydrogen) atoms. The third-order valence-electron chi connectivity index (χ3n) is 3.13. The van der Waals surface area contributed by atoms with Crippen molar-refractivity contribution < 1.29 is 13.4 Å². The number of hydrogen-bond acceptors (Lipinski definition) is 3. The van der Waals surface area contributed by atoms with Gasteiger partial charge in [0, 0.05) is 28.9 Å². The molecular formula is C13H17FN2O2S. The Labute approximate surface area is 114 Å². The van der Waals surface area contributed by atoms with Gasteiger partial charge in [-0.15, -0.1) is 0 Å². The molecule has 2 rings (SSSR count). The zero-order chi connectivity index (χ0) is 14.0. The number of nitrogens with zero attached hydrogens (tertiary/aromatic N) is 1. The monoisotopic (exact) mass is 284 g/mol. The van der Waals surface area contributed by atoms with E-state index in [2.05, 4.69) is 5.32 Å². The lowest BCUT2D eigenvalue weighted by Gasteiger charge is -2.30. The molecule has 0 aromatic heterocycles. The summed E-state index contributed by atoms with van der Waals surface area (Å²) in [4.78, 5) is 13.6. The molecule has 1 heterocycles. The second kappa shape index (κ2) is 5.79. The third-order valence-corrected chi connectivity index (χ3v) is 4.08. The van der Waals surface area contributed by atoms with Crippen LogP contribution in [0.4, 0.5) is 4.39 Å². The first-order chi connectivity index (χ1) is 8.99. The molecule has 4 nitrogen and oxygen atoms in total. The molecule has 1 amide bonds. The molecule has 3 unspecified atom stereocenters. The molecule has 0 aliphatic carbocycles. The minimum absolute atomic E-state index is 0.0489. The molecule has 0 spiro atoms. The summed E-state index contributed by atoms with van der Waals surface area (Å²) in [5, 5.41) is 3.06. The average Bonchev–Trinajstić information content (AvgIpc) is 2.70. The second-order valence-electron chi connectivity index (χ2n) is 4.73. The quantitative estimate of drug-likeness (QED) is 0.898. The summed E-state index contributed by atoms with van der Waals surface area (Å²) >= 11 is 0. The van der Waals surface area contributed by atoms with Crippen LogP contribution in [0.25, 0.3) is 0 Å². The van der Waals surface area contributed by atoms with Crippen LogP contribution in [0.5, 0.6) is 0 Å². The predicted molar refractivity (Wildman–Crippen MR) is 72.4 cm³/mol. The first kappa shape index (κ1) is 14.1. The Balaban J connectivity index is 2.24. The number of amides is 1. The molecule has 1 aromatic rings. The SMILES string of the molecule is CC(CS(C)=O)N1C(=O)CNC1c1cccc(F)c1. The maximum Gasteiger partial charge on any atom is 0.238 e. The van der Waals surface area contributed by atoms with Crippen molar-refractivity contribution in [2.45, 2.75) is 19.1 Å². The summed E-state index contributed by atoms with van der Waals surface area (Å²) < 4.78 is 24.6. The molecule has 3 atom stereocenters. The van der Waals surface area contributed by atoms with Crippen LogP contribution in [-0.4, -0.2) is 39.6 Å². The van der Waals surface area contributed by atoms with Gasteiger partial charge in [0.25, 0.3) is 0 Å². The minimum Gasteiger partial charge on any atom is -0.318 e. The van der Waals surface area contributed by atoms with E-state index in [0.717, 1.165) is 0 Å². The Hall–Kier alpha value is -1.27. The van der Waals surface area contributed by atoms with Crippen LogP contribution in [-0.2, 0) is 15.6 Å². The number of nitrogens with one attached hydrogen (secondary N) is 1. The van der Waals surface area contributed by atoms with Gasteiger partial charge in [-0.1, -0.05) is 12.1 Å². The van der Waals surface area contributed by atoms with Gasteiger partial charge in [-0.05, 0) is 24.6 Å². The number of hydrogen-bond donors (Lipinski definition) is 1. The smallest absolute Gasteiger partial charge is 0.238 e. The molecule has 104 valence electrons. The van der Waals surface area contributed by atoms with Gasteiger partial charge in [0.2, 0.25) is 5.91 Å². The van der Waals surface area contributed by atoms with E-state index >= 15 is 0 Å². The minimum atomic E-state index is -0.978. The fourth-order valence-electron chi connectivity index (χ4n) is 2.39. The van der Waals surface area contributed by atoms with Gasteiger partial charge in [0.1, 0.15) is 12.0 Å². The zero-order valence-electron chi connectivity index (χ0n) is 10.9. The largest absolute Gasteiger partial charge is 0.318 e. The van der Waals surface area contributed by atoms with Gasteiger partial charge in [-0.25, -0.2) is 4.39 Å². The van der Waals surface area contributed by atoms with Crippen LogP contribution in [0.1, 0.15) is 18.7 Å². The van der Waals surface area contributed by atoms with Crippen molar-refractivity contribution >= 4 is 16.7 Å². The first-order valence-corrected chi connectivity index (χ1v) is 7.82. The van der Waals surface area contributed by atoms with Crippen molar-refractivity contribution in [3.63, 3.8) is 0 Å². The van der Waals surface area contributed by atoms with Gasteiger partial charge >= 0.3 is 0 Å². The maximum atomic E-state index is 13.3. The van der Waals surface area contributed by atoms with Crippen LogP contribution >= 0.6 is 0 Å². The van der Waals surface area contributed by atoms with Crippen molar-refractivity contribution in [3.8, 4) is 0 Å². The van der Waals surface area contributed by atoms with Crippen LogP contribution < -0.4 is 5.32 Å². The number of rotatable bonds is 4. The Bertz CT molecular complexity index is 509. The molecule has 0 saturated carbocycles. The molecule has 1 saturated heterocycles. The highest BCUT2D eigenvalue weighted by Gasteiger charge is 2.35. The van der Waals surface area contributed by atoms with Crippen molar-refractivity contribution in [1.82, 2.24) is 10.2 Å². The van der Waals surface area contributed by atoms with Gasteiger partial charge < -0.3 is 4.90 Å². The van der Waals surface area contributed by atoms with E-state index in [1.165, 1.54) is 12.1 Å². The Kier molecular flexibility index (Phi) is 4.31. The summed E-state index contributed by atoms with van der Waals surface area (Å²) in [6.07, 6.45) is 1.27. The lowest BCUT2D eigenvalue weighted by molar-refractivity contribution is -0.129. The molecule has 1 fully saturated rings. The van der Waals surface area contributed by atoms with Gasteiger partial charge in [0.15, 0.2) is 0 Å².